The number of hydrogen-bond donors (Lipinski definition) is 0. The van der Waals surface area contributed by atoms with Crippen LogP contribution < -0.4 is 0 Å². The highest BCUT2D eigenvalue weighted by Crippen LogP contribution is 2.18. The van der Waals surface area contributed by atoms with Crippen LogP contribution in [0.15, 0.2) is 61.4 Å². The van der Waals surface area contributed by atoms with Gasteiger partial charge in [-0.25, -0.2) is 9.97 Å². The van der Waals surface area contributed by atoms with Crippen LogP contribution in [-0.4, -0.2) is 19.9 Å². The number of hydrogen-bond acceptors (Lipinski definition) is 4. The maximum Gasteiger partial charge on any atom is 0.160 e. The van der Waals surface area contributed by atoms with Crippen LogP contribution >= 0.6 is 0 Å². The predicted molar refractivity (Wildman–Crippen MR) is 68.5 cm³/mol. The van der Waals surface area contributed by atoms with E-state index in [9.17, 15) is 0 Å². The quantitative estimate of drug-likeness (QED) is 0.684. The fourth-order valence-corrected chi connectivity index (χ4v) is 1.65. The molecule has 0 aliphatic carbocycles. The summed E-state index contributed by atoms with van der Waals surface area (Å²) in [6, 6.07) is 7.68. The highest BCUT2D eigenvalue weighted by atomic mass is 14.9. The molecule has 0 N–H and O–H groups in total. The van der Waals surface area contributed by atoms with E-state index in [1.54, 1.807) is 37.2 Å². The zero-order chi connectivity index (χ0) is 12.2. The SMILES string of the molecule is c1cncc(-c2cnc(-c3cccnc3)nc2)c1. The number of rotatable bonds is 2. The monoisotopic (exact) mass is 234 g/mol. The molecule has 0 aromatic carbocycles. The first-order valence-corrected chi connectivity index (χ1v) is 5.56. The second-order valence-electron chi connectivity index (χ2n) is 3.78. The molecule has 0 amide bonds. The average Bonchev–Trinajstić information content (AvgIpc) is 2.49. The summed E-state index contributed by atoms with van der Waals surface area (Å²) < 4.78 is 0. The van der Waals surface area contributed by atoms with Crippen molar-refractivity contribution in [3.05, 3.63) is 61.4 Å². The van der Waals surface area contributed by atoms with E-state index >= 15 is 0 Å². The maximum atomic E-state index is 4.35. The van der Waals surface area contributed by atoms with Gasteiger partial charge >= 0.3 is 0 Å². The second-order valence-corrected chi connectivity index (χ2v) is 3.78. The molecule has 0 bridgehead atoms. The van der Waals surface area contributed by atoms with Crippen LogP contribution in [0.5, 0.6) is 0 Å². The third-order valence-electron chi connectivity index (χ3n) is 2.57. The first-order chi connectivity index (χ1) is 8.93. The van der Waals surface area contributed by atoms with Crippen molar-refractivity contribution in [2.45, 2.75) is 0 Å². The van der Waals surface area contributed by atoms with Crippen LogP contribution in [-0.2, 0) is 0 Å². The molecule has 0 saturated carbocycles. The van der Waals surface area contributed by atoms with Gasteiger partial charge in [0.2, 0.25) is 0 Å². The van der Waals surface area contributed by atoms with Crippen LogP contribution in [0.4, 0.5) is 0 Å². The lowest BCUT2D eigenvalue weighted by atomic mass is 10.1. The Morgan fingerprint density at radius 3 is 1.78 bits per heavy atom. The second kappa shape index (κ2) is 4.71. The Balaban J connectivity index is 1.95. The Morgan fingerprint density at radius 2 is 1.22 bits per heavy atom. The van der Waals surface area contributed by atoms with Gasteiger partial charge in [0.15, 0.2) is 5.82 Å². The Labute approximate surface area is 104 Å². The largest absolute Gasteiger partial charge is 0.264 e. The summed E-state index contributed by atoms with van der Waals surface area (Å²) >= 11 is 0. The van der Waals surface area contributed by atoms with Gasteiger partial charge in [-0.2, -0.15) is 0 Å². The normalized spacial score (nSPS) is 10.2. The standard InChI is InChI=1S/C14H10N4/c1-3-11(7-15-5-1)13-9-17-14(18-10-13)12-4-2-6-16-8-12/h1-10H. The van der Waals surface area contributed by atoms with E-state index < -0.39 is 0 Å². The fraction of sp³-hybridized carbons (Fsp3) is 0. The van der Waals surface area contributed by atoms with Gasteiger partial charge in [0.25, 0.3) is 0 Å². The van der Waals surface area contributed by atoms with E-state index in [-0.39, 0.29) is 0 Å². The van der Waals surface area contributed by atoms with Crippen LogP contribution in [0.2, 0.25) is 0 Å². The number of nitrogens with zero attached hydrogens (tertiary/aromatic N) is 4. The van der Waals surface area contributed by atoms with Gasteiger partial charge in [-0.3, -0.25) is 9.97 Å². The first-order valence-electron chi connectivity index (χ1n) is 5.56. The summed E-state index contributed by atoms with van der Waals surface area (Å²) in [7, 11) is 0. The van der Waals surface area contributed by atoms with Gasteiger partial charge in [0.05, 0.1) is 0 Å². The van der Waals surface area contributed by atoms with Crippen molar-refractivity contribution in [3.8, 4) is 22.5 Å². The van der Waals surface area contributed by atoms with E-state index in [1.807, 2.05) is 24.3 Å². The van der Waals surface area contributed by atoms with Gasteiger partial charge in [-0.1, -0.05) is 6.07 Å². The molecule has 3 heterocycles. The Bertz CT molecular complexity index is 562. The third-order valence-corrected chi connectivity index (χ3v) is 2.57. The lowest BCUT2D eigenvalue weighted by Crippen LogP contribution is -1.90. The highest BCUT2D eigenvalue weighted by Gasteiger charge is 2.02. The van der Waals surface area contributed by atoms with Crippen molar-refractivity contribution in [3.63, 3.8) is 0 Å². The predicted octanol–water partition coefficient (Wildman–Crippen LogP) is 2.60. The molecule has 0 fully saturated rings. The molecule has 18 heavy (non-hydrogen) atoms. The minimum Gasteiger partial charge on any atom is -0.264 e. The first kappa shape index (κ1) is 10.5. The van der Waals surface area contributed by atoms with E-state index in [2.05, 4.69) is 19.9 Å². The van der Waals surface area contributed by atoms with Crippen LogP contribution in [0.1, 0.15) is 0 Å². The number of pyridine rings is 2. The summed E-state index contributed by atoms with van der Waals surface area (Å²) in [4.78, 5) is 16.8. The smallest absolute Gasteiger partial charge is 0.160 e. The molecule has 4 nitrogen and oxygen atoms in total. The summed E-state index contributed by atoms with van der Waals surface area (Å²) in [5, 5.41) is 0. The van der Waals surface area contributed by atoms with E-state index in [1.165, 1.54) is 0 Å². The average molecular weight is 234 g/mol. The summed E-state index contributed by atoms with van der Waals surface area (Å²) in [6.45, 7) is 0. The van der Waals surface area contributed by atoms with Crippen molar-refractivity contribution < 1.29 is 0 Å². The molecule has 0 aliphatic rings. The third kappa shape index (κ3) is 2.08. The summed E-state index contributed by atoms with van der Waals surface area (Å²) in [5.74, 6) is 0.677. The molecule has 0 saturated heterocycles. The molecular weight excluding hydrogens is 224 g/mol. The zero-order valence-corrected chi connectivity index (χ0v) is 9.56. The summed E-state index contributed by atoms with van der Waals surface area (Å²) in [5.41, 5.74) is 2.88. The van der Waals surface area contributed by atoms with Gasteiger partial charge < -0.3 is 0 Å². The van der Waals surface area contributed by atoms with Crippen LogP contribution in [0, 0.1) is 0 Å². The lowest BCUT2D eigenvalue weighted by molar-refractivity contribution is 1.16. The molecule has 3 aromatic heterocycles. The zero-order valence-electron chi connectivity index (χ0n) is 9.56. The Hall–Kier alpha value is -2.62. The van der Waals surface area contributed by atoms with Crippen LogP contribution in [0.25, 0.3) is 22.5 Å². The van der Waals surface area contributed by atoms with Crippen molar-refractivity contribution in [1.82, 2.24) is 19.9 Å². The minimum atomic E-state index is 0.677. The van der Waals surface area contributed by atoms with Crippen molar-refractivity contribution in [2.24, 2.45) is 0 Å². The van der Waals surface area contributed by atoms with Crippen molar-refractivity contribution in [2.75, 3.05) is 0 Å². The Morgan fingerprint density at radius 1 is 0.611 bits per heavy atom. The number of aromatic nitrogens is 4. The maximum absolute atomic E-state index is 4.35. The van der Waals surface area contributed by atoms with E-state index in [0.717, 1.165) is 16.7 Å². The van der Waals surface area contributed by atoms with Gasteiger partial charge in [0.1, 0.15) is 0 Å². The molecule has 0 atom stereocenters. The van der Waals surface area contributed by atoms with Gasteiger partial charge in [0, 0.05) is 53.9 Å². The molecule has 0 radical (unpaired) electrons. The fourth-order valence-electron chi connectivity index (χ4n) is 1.65. The van der Waals surface area contributed by atoms with Crippen molar-refractivity contribution >= 4 is 0 Å². The van der Waals surface area contributed by atoms with Gasteiger partial charge in [-0.15, -0.1) is 0 Å². The van der Waals surface area contributed by atoms with Crippen LogP contribution in [0.3, 0.4) is 0 Å². The molecule has 3 aromatic rings. The van der Waals surface area contributed by atoms with Crippen molar-refractivity contribution in [1.29, 1.82) is 0 Å². The summed E-state index contributed by atoms with van der Waals surface area (Å²) in [6.07, 6.45) is 10.6. The lowest BCUT2D eigenvalue weighted by Gasteiger charge is -2.02. The molecular formula is C14H10N4. The molecule has 0 aliphatic heterocycles. The molecule has 86 valence electrons. The minimum absolute atomic E-state index is 0.677. The Kier molecular flexibility index (Phi) is 2.75. The van der Waals surface area contributed by atoms with E-state index in [4.69, 9.17) is 0 Å². The van der Waals surface area contributed by atoms with E-state index in [0.29, 0.717) is 5.82 Å². The molecule has 4 heteroatoms. The molecule has 0 unspecified atom stereocenters. The van der Waals surface area contributed by atoms with Gasteiger partial charge in [-0.05, 0) is 18.2 Å². The molecule has 0 spiro atoms. The topological polar surface area (TPSA) is 51.6 Å². The highest BCUT2D eigenvalue weighted by molar-refractivity contribution is 5.62. The molecule has 3 rings (SSSR count).